The zero-order valence-corrected chi connectivity index (χ0v) is 13.5. The van der Waals surface area contributed by atoms with E-state index in [1.807, 2.05) is 60.9 Å². The zero-order chi connectivity index (χ0) is 16.2. The van der Waals surface area contributed by atoms with Crippen LogP contribution in [0.25, 0.3) is 0 Å². The molecule has 0 bridgehead atoms. The van der Waals surface area contributed by atoms with Gasteiger partial charge in [0.2, 0.25) is 0 Å². The number of hydrogen-bond acceptors (Lipinski definition) is 3. The summed E-state index contributed by atoms with van der Waals surface area (Å²) in [6.07, 6.45) is 4.54. The minimum Gasteiger partial charge on any atom is -0.399 e. The van der Waals surface area contributed by atoms with Gasteiger partial charge in [-0.1, -0.05) is 48.6 Å². The van der Waals surface area contributed by atoms with Gasteiger partial charge in [0.25, 0.3) is 0 Å². The number of imidazole rings is 1. The fourth-order valence-corrected chi connectivity index (χ4v) is 2.75. The lowest BCUT2D eigenvalue weighted by Crippen LogP contribution is -2.14. The summed E-state index contributed by atoms with van der Waals surface area (Å²) in [7, 11) is 0. The summed E-state index contributed by atoms with van der Waals surface area (Å²) in [6.45, 7) is 0.692. The molecule has 0 saturated heterocycles. The average Bonchev–Trinajstić information content (AvgIpc) is 2.97. The summed E-state index contributed by atoms with van der Waals surface area (Å²) in [5, 5.41) is 0. The molecule has 0 amide bonds. The van der Waals surface area contributed by atoms with Crippen LogP contribution >= 0.6 is 12.2 Å². The Morgan fingerprint density at radius 3 is 2.57 bits per heavy atom. The molecule has 0 aliphatic carbocycles. The molecule has 0 aliphatic rings. The minimum absolute atomic E-state index is 0.417. The Bertz CT molecular complexity index is 821. The first kappa shape index (κ1) is 15.2. The molecule has 0 spiro atoms. The molecular formula is C18H18N4S. The van der Waals surface area contributed by atoms with Gasteiger partial charge in [0, 0.05) is 36.6 Å². The van der Waals surface area contributed by atoms with Crippen molar-refractivity contribution in [2.75, 3.05) is 5.73 Å². The highest BCUT2D eigenvalue weighted by Crippen LogP contribution is 2.15. The Labute approximate surface area is 140 Å². The Morgan fingerprint density at radius 1 is 1.09 bits per heavy atom. The molecule has 0 saturated carbocycles. The molecule has 5 heteroatoms. The van der Waals surface area contributed by atoms with Crippen LogP contribution in [-0.4, -0.2) is 14.5 Å². The van der Waals surface area contributed by atoms with Crippen molar-refractivity contribution in [1.82, 2.24) is 9.55 Å². The van der Waals surface area contributed by atoms with Crippen LogP contribution in [-0.2, 0) is 13.0 Å². The third-order valence-electron chi connectivity index (χ3n) is 3.77. The van der Waals surface area contributed by atoms with E-state index in [4.69, 9.17) is 23.7 Å². The van der Waals surface area contributed by atoms with Gasteiger partial charge in [-0.3, -0.25) is 0 Å². The summed E-state index contributed by atoms with van der Waals surface area (Å²) in [4.78, 5) is 4.89. The maximum Gasteiger partial charge on any atom is 0.113 e. The standard InChI is InChI=1S/C18H18N4S/c19-15-7-5-13(6-8-15)11-17-21-9-10-22(17)12-14-3-1-2-4-16(14)18(20)23/h1-10H,11-12,19H2,(H2,20,23). The Balaban J connectivity index is 1.84. The monoisotopic (exact) mass is 322 g/mol. The van der Waals surface area contributed by atoms with Crippen molar-refractivity contribution in [3.8, 4) is 0 Å². The molecule has 3 aromatic rings. The molecule has 23 heavy (non-hydrogen) atoms. The Hall–Kier alpha value is -2.66. The highest BCUT2D eigenvalue weighted by atomic mass is 32.1. The number of hydrogen-bond donors (Lipinski definition) is 2. The number of nitrogen functional groups attached to an aromatic ring is 1. The summed E-state index contributed by atoms with van der Waals surface area (Å²) in [6, 6.07) is 15.8. The molecule has 1 aromatic heterocycles. The van der Waals surface area contributed by atoms with E-state index in [0.29, 0.717) is 11.5 Å². The number of anilines is 1. The van der Waals surface area contributed by atoms with Crippen molar-refractivity contribution >= 4 is 22.9 Å². The summed E-state index contributed by atoms with van der Waals surface area (Å²) < 4.78 is 2.12. The quantitative estimate of drug-likeness (QED) is 0.560. The van der Waals surface area contributed by atoms with E-state index in [-0.39, 0.29) is 0 Å². The topological polar surface area (TPSA) is 69.9 Å². The molecule has 0 radical (unpaired) electrons. The van der Waals surface area contributed by atoms with Gasteiger partial charge < -0.3 is 16.0 Å². The van der Waals surface area contributed by atoms with E-state index in [9.17, 15) is 0 Å². The highest BCUT2D eigenvalue weighted by Gasteiger charge is 2.09. The normalized spacial score (nSPS) is 10.6. The first-order chi connectivity index (χ1) is 11.1. The predicted molar refractivity (Wildman–Crippen MR) is 97.3 cm³/mol. The third-order valence-corrected chi connectivity index (χ3v) is 3.99. The van der Waals surface area contributed by atoms with Crippen LogP contribution in [0.5, 0.6) is 0 Å². The zero-order valence-electron chi connectivity index (χ0n) is 12.6. The number of aromatic nitrogens is 2. The van der Waals surface area contributed by atoms with Crippen LogP contribution in [0, 0.1) is 0 Å². The Kier molecular flexibility index (Phi) is 4.39. The number of benzene rings is 2. The first-order valence-electron chi connectivity index (χ1n) is 7.35. The Morgan fingerprint density at radius 2 is 1.83 bits per heavy atom. The molecule has 3 rings (SSSR count). The average molecular weight is 322 g/mol. The van der Waals surface area contributed by atoms with Crippen molar-refractivity contribution in [2.45, 2.75) is 13.0 Å². The highest BCUT2D eigenvalue weighted by molar-refractivity contribution is 7.80. The van der Waals surface area contributed by atoms with Gasteiger partial charge in [-0.2, -0.15) is 0 Å². The summed E-state index contributed by atoms with van der Waals surface area (Å²) in [5.41, 5.74) is 15.5. The van der Waals surface area contributed by atoms with E-state index in [1.165, 1.54) is 5.56 Å². The van der Waals surface area contributed by atoms with E-state index in [2.05, 4.69) is 9.55 Å². The van der Waals surface area contributed by atoms with Crippen molar-refractivity contribution < 1.29 is 0 Å². The van der Waals surface area contributed by atoms with Crippen LogP contribution in [0.1, 0.15) is 22.5 Å². The van der Waals surface area contributed by atoms with Crippen LogP contribution in [0.3, 0.4) is 0 Å². The number of nitrogens with zero attached hydrogens (tertiary/aromatic N) is 2. The minimum atomic E-state index is 0.417. The second-order valence-corrected chi connectivity index (χ2v) is 5.85. The molecule has 1 heterocycles. The number of nitrogens with two attached hydrogens (primary N) is 2. The van der Waals surface area contributed by atoms with Crippen LogP contribution in [0.15, 0.2) is 60.9 Å². The lowest BCUT2D eigenvalue weighted by molar-refractivity contribution is 0.740. The van der Waals surface area contributed by atoms with E-state index < -0.39 is 0 Å². The lowest BCUT2D eigenvalue weighted by atomic mass is 10.1. The predicted octanol–water partition coefficient (Wildman–Crippen LogP) is 2.74. The largest absolute Gasteiger partial charge is 0.399 e. The van der Waals surface area contributed by atoms with Crippen LogP contribution < -0.4 is 11.5 Å². The van der Waals surface area contributed by atoms with Crippen LogP contribution in [0.4, 0.5) is 5.69 Å². The van der Waals surface area contributed by atoms with Gasteiger partial charge >= 0.3 is 0 Å². The van der Waals surface area contributed by atoms with Gasteiger partial charge in [-0.25, -0.2) is 4.98 Å². The smallest absolute Gasteiger partial charge is 0.113 e. The van der Waals surface area contributed by atoms with Crippen molar-refractivity contribution in [3.63, 3.8) is 0 Å². The van der Waals surface area contributed by atoms with Gasteiger partial charge in [0.15, 0.2) is 0 Å². The second-order valence-electron chi connectivity index (χ2n) is 5.41. The number of rotatable bonds is 5. The lowest BCUT2D eigenvalue weighted by Gasteiger charge is -2.12. The van der Waals surface area contributed by atoms with Crippen molar-refractivity contribution in [2.24, 2.45) is 5.73 Å². The maximum absolute atomic E-state index is 5.81. The van der Waals surface area contributed by atoms with E-state index in [1.54, 1.807) is 0 Å². The fraction of sp³-hybridized carbons (Fsp3) is 0.111. The molecule has 0 atom stereocenters. The van der Waals surface area contributed by atoms with Gasteiger partial charge in [-0.05, 0) is 23.3 Å². The molecule has 4 nitrogen and oxygen atoms in total. The van der Waals surface area contributed by atoms with E-state index in [0.717, 1.165) is 29.1 Å². The van der Waals surface area contributed by atoms with Crippen molar-refractivity contribution in [1.29, 1.82) is 0 Å². The van der Waals surface area contributed by atoms with E-state index >= 15 is 0 Å². The van der Waals surface area contributed by atoms with Gasteiger partial charge in [0.1, 0.15) is 10.8 Å². The third kappa shape index (κ3) is 3.57. The van der Waals surface area contributed by atoms with Crippen molar-refractivity contribution in [3.05, 3.63) is 83.4 Å². The summed E-state index contributed by atoms with van der Waals surface area (Å²) >= 11 is 5.14. The molecule has 0 unspecified atom stereocenters. The second kappa shape index (κ2) is 6.62. The summed E-state index contributed by atoms with van der Waals surface area (Å²) in [5.74, 6) is 0.993. The molecule has 116 valence electrons. The SMILES string of the molecule is NC(=S)c1ccccc1Cn1ccnc1Cc1ccc(N)cc1. The molecule has 2 aromatic carbocycles. The van der Waals surface area contributed by atoms with Crippen LogP contribution in [0.2, 0.25) is 0 Å². The first-order valence-corrected chi connectivity index (χ1v) is 7.76. The molecular weight excluding hydrogens is 304 g/mol. The molecule has 0 aliphatic heterocycles. The maximum atomic E-state index is 5.81. The number of thiocarbonyl (C=S) groups is 1. The fourth-order valence-electron chi connectivity index (χ4n) is 2.55. The molecule has 0 fully saturated rings. The van der Waals surface area contributed by atoms with Gasteiger partial charge in [0.05, 0.1) is 0 Å². The van der Waals surface area contributed by atoms with Gasteiger partial charge in [-0.15, -0.1) is 0 Å². The molecule has 4 N–H and O–H groups in total.